The monoisotopic (exact) mass is 278 g/mol. The minimum absolute atomic E-state index is 0.174. The molecule has 1 aromatic carbocycles. The van der Waals surface area contributed by atoms with Gasteiger partial charge in [-0.3, -0.25) is 0 Å². The maximum Gasteiger partial charge on any atom is 0.126 e. The van der Waals surface area contributed by atoms with Crippen molar-refractivity contribution >= 4 is 11.3 Å². The molecule has 4 heteroatoms. The standard InChI is InChI=1S/C15H19FN2S/c1-9(2)17-8-14-11(4)18-15(19-14)12-6-5-10(3)13(16)7-12/h5-7,9,17H,8H2,1-4H3. The van der Waals surface area contributed by atoms with Crippen molar-refractivity contribution in [2.45, 2.75) is 40.3 Å². The van der Waals surface area contributed by atoms with Crippen LogP contribution in [0.3, 0.4) is 0 Å². The fraction of sp³-hybridized carbons (Fsp3) is 0.400. The quantitative estimate of drug-likeness (QED) is 0.912. The van der Waals surface area contributed by atoms with E-state index in [4.69, 9.17) is 0 Å². The van der Waals surface area contributed by atoms with E-state index >= 15 is 0 Å². The highest BCUT2D eigenvalue weighted by Crippen LogP contribution is 2.29. The van der Waals surface area contributed by atoms with Gasteiger partial charge < -0.3 is 5.32 Å². The maximum atomic E-state index is 13.6. The van der Waals surface area contributed by atoms with Gasteiger partial charge in [0.1, 0.15) is 10.8 Å². The lowest BCUT2D eigenvalue weighted by Gasteiger charge is -2.05. The predicted octanol–water partition coefficient (Wildman–Crippen LogP) is 4.06. The summed E-state index contributed by atoms with van der Waals surface area (Å²) in [6.07, 6.45) is 0. The molecule has 0 aliphatic heterocycles. The lowest BCUT2D eigenvalue weighted by atomic mass is 10.1. The van der Waals surface area contributed by atoms with E-state index in [-0.39, 0.29) is 5.82 Å². The molecule has 1 aromatic heterocycles. The molecule has 0 spiro atoms. The summed E-state index contributed by atoms with van der Waals surface area (Å²) in [6, 6.07) is 5.73. The summed E-state index contributed by atoms with van der Waals surface area (Å²) >= 11 is 1.63. The van der Waals surface area contributed by atoms with E-state index in [1.165, 1.54) is 4.88 Å². The first-order chi connectivity index (χ1) is 8.97. The fourth-order valence-corrected chi connectivity index (χ4v) is 2.75. The van der Waals surface area contributed by atoms with Crippen LogP contribution in [-0.2, 0) is 6.54 Å². The SMILES string of the molecule is Cc1ccc(-c2nc(C)c(CNC(C)C)s2)cc1F. The summed E-state index contributed by atoms with van der Waals surface area (Å²) in [6.45, 7) is 8.82. The highest BCUT2D eigenvalue weighted by molar-refractivity contribution is 7.15. The van der Waals surface area contributed by atoms with Crippen LogP contribution in [0.25, 0.3) is 10.6 Å². The third-order valence-electron chi connectivity index (χ3n) is 2.98. The first-order valence-electron chi connectivity index (χ1n) is 6.43. The minimum Gasteiger partial charge on any atom is -0.310 e. The number of aryl methyl sites for hydroxylation is 2. The number of hydrogen-bond donors (Lipinski definition) is 1. The molecule has 102 valence electrons. The molecule has 0 aliphatic carbocycles. The largest absolute Gasteiger partial charge is 0.310 e. The van der Waals surface area contributed by atoms with Gasteiger partial charge in [0.25, 0.3) is 0 Å². The van der Waals surface area contributed by atoms with Gasteiger partial charge in [0.05, 0.1) is 5.69 Å². The molecule has 2 rings (SSSR count). The number of hydrogen-bond acceptors (Lipinski definition) is 3. The summed E-state index contributed by atoms with van der Waals surface area (Å²) in [7, 11) is 0. The molecule has 0 saturated carbocycles. The van der Waals surface area contributed by atoms with Gasteiger partial charge >= 0.3 is 0 Å². The van der Waals surface area contributed by atoms with Gasteiger partial charge in [-0.15, -0.1) is 11.3 Å². The zero-order valence-electron chi connectivity index (χ0n) is 11.7. The Hall–Kier alpha value is -1.26. The highest BCUT2D eigenvalue weighted by atomic mass is 32.1. The number of thiazole rings is 1. The normalized spacial score (nSPS) is 11.3. The Kier molecular flexibility index (Phi) is 4.32. The van der Waals surface area contributed by atoms with Gasteiger partial charge in [-0.1, -0.05) is 26.0 Å². The Morgan fingerprint density at radius 1 is 1.32 bits per heavy atom. The molecule has 19 heavy (non-hydrogen) atoms. The second-order valence-corrected chi connectivity index (χ2v) is 6.11. The van der Waals surface area contributed by atoms with Crippen LogP contribution in [0, 0.1) is 19.7 Å². The van der Waals surface area contributed by atoms with Gasteiger partial charge in [-0.05, 0) is 25.5 Å². The number of rotatable bonds is 4. The van der Waals surface area contributed by atoms with E-state index in [9.17, 15) is 4.39 Å². The van der Waals surface area contributed by atoms with Crippen LogP contribution in [0.1, 0.15) is 30.0 Å². The van der Waals surface area contributed by atoms with Crippen LogP contribution >= 0.6 is 11.3 Å². The highest BCUT2D eigenvalue weighted by Gasteiger charge is 2.11. The number of aromatic nitrogens is 1. The van der Waals surface area contributed by atoms with E-state index < -0.39 is 0 Å². The second kappa shape index (κ2) is 5.80. The summed E-state index contributed by atoms with van der Waals surface area (Å²) in [4.78, 5) is 5.75. The smallest absolute Gasteiger partial charge is 0.126 e. The van der Waals surface area contributed by atoms with Crippen LogP contribution < -0.4 is 5.32 Å². The van der Waals surface area contributed by atoms with Crippen LogP contribution in [0.2, 0.25) is 0 Å². The molecule has 1 heterocycles. The molecule has 0 atom stereocenters. The van der Waals surface area contributed by atoms with E-state index in [0.717, 1.165) is 22.8 Å². The van der Waals surface area contributed by atoms with Crippen molar-refractivity contribution in [1.82, 2.24) is 10.3 Å². The third kappa shape index (κ3) is 3.39. The molecule has 0 aliphatic rings. The van der Waals surface area contributed by atoms with E-state index in [2.05, 4.69) is 24.1 Å². The maximum absolute atomic E-state index is 13.6. The van der Waals surface area contributed by atoms with Crippen LogP contribution in [0.4, 0.5) is 4.39 Å². The van der Waals surface area contributed by atoms with Gasteiger partial charge in [0, 0.05) is 23.0 Å². The molecule has 0 saturated heterocycles. The molecule has 0 radical (unpaired) electrons. The molecule has 0 fully saturated rings. The number of nitrogens with zero attached hydrogens (tertiary/aromatic N) is 1. The Morgan fingerprint density at radius 3 is 2.68 bits per heavy atom. The van der Waals surface area contributed by atoms with Crippen molar-refractivity contribution in [3.8, 4) is 10.6 Å². The van der Waals surface area contributed by atoms with Crippen molar-refractivity contribution in [2.75, 3.05) is 0 Å². The fourth-order valence-electron chi connectivity index (χ4n) is 1.74. The number of halogens is 1. The molecule has 2 aromatic rings. The van der Waals surface area contributed by atoms with Crippen molar-refractivity contribution in [3.63, 3.8) is 0 Å². The third-order valence-corrected chi connectivity index (χ3v) is 4.19. The van der Waals surface area contributed by atoms with Crippen LogP contribution in [-0.4, -0.2) is 11.0 Å². The van der Waals surface area contributed by atoms with E-state index in [1.807, 2.05) is 13.0 Å². The predicted molar refractivity (Wildman–Crippen MR) is 79.0 cm³/mol. The number of nitrogens with one attached hydrogen (secondary N) is 1. The first kappa shape index (κ1) is 14.2. The van der Waals surface area contributed by atoms with Crippen molar-refractivity contribution < 1.29 is 4.39 Å². The zero-order valence-corrected chi connectivity index (χ0v) is 12.6. The second-order valence-electron chi connectivity index (χ2n) is 5.03. The Labute approximate surface area is 117 Å². The summed E-state index contributed by atoms with van der Waals surface area (Å²) in [5.74, 6) is -0.174. The number of benzene rings is 1. The van der Waals surface area contributed by atoms with Crippen LogP contribution in [0.15, 0.2) is 18.2 Å². The van der Waals surface area contributed by atoms with Crippen LogP contribution in [0.5, 0.6) is 0 Å². The Morgan fingerprint density at radius 2 is 2.05 bits per heavy atom. The van der Waals surface area contributed by atoms with Gasteiger partial charge in [0.2, 0.25) is 0 Å². The molecule has 0 unspecified atom stereocenters. The van der Waals surface area contributed by atoms with Crippen molar-refractivity contribution in [3.05, 3.63) is 40.2 Å². The Balaban J connectivity index is 2.25. The molecule has 1 N–H and O–H groups in total. The van der Waals surface area contributed by atoms with Crippen molar-refractivity contribution in [2.24, 2.45) is 0 Å². The molecular formula is C15H19FN2S. The Bertz CT molecular complexity index is 576. The van der Waals surface area contributed by atoms with E-state index in [0.29, 0.717) is 11.6 Å². The zero-order chi connectivity index (χ0) is 14.0. The minimum atomic E-state index is -0.174. The lowest BCUT2D eigenvalue weighted by molar-refractivity contribution is 0.591. The van der Waals surface area contributed by atoms with E-state index in [1.54, 1.807) is 30.4 Å². The van der Waals surface area contributed by atoms with Gasteiger partial charge in [-0.25, -0.2) is 9.37 Å². The van der Waals surface area contributed by atoms with Crippen molar-refractivity contribution in [1.29, 1.82) is 0 Å². The molecule has 0 bridgehead atoms. The average Bonchev–Trinajstić information content (AvgIpc) is 2.71. The summed E-state index contributed by atoms with van der Waals surface area (Å²) in [5, 5.41) is 4.27. The lowest BCUT2D eigenvalue weighted by Crippen LogP contribution is -2.21. The summed E-state index contributed by atoms with van der Waals surface area (Å²) in [5.41, 5.74) is 2.54. The molecule has 0 amide bonds. The summed E-state index contributed by atoms with van der Waals surface area (Å²) < 4.78 is 13.6. The average molecular weight is 278 g/mol. The van der Waals surface area contributed by atoms with Gasteiger partial charge in [0.15, 0.2) is 0 Å². The molecule has 2 nitrogen and oxygen atoms in total. The topological polar surface area (TPSA) is 24.9 Å². The van der Waals surface area contributed by atoms with Gasteiger partial charge in [-0.2, -0.15) is 0 Å². The molecular weight excluding hydrogens is 259 g/mol. The first-order valence-corrected chi connectivity index (χ1v) is 7.25.